The molecule has 2 heterocycles. The van der Waals surface area contributed by atoms with E-state index in [1.807, 2.05) is 26.0 Å². The highest BCUT2D eigenvalue weighted by molar-refractivity contribution is 6.03. The van der Waals surface area contributed by atoms with Gasteiger partial charge < -0.3 is 20.1 Å². The number of ether oxygens (including phenoxy) is 2. The van der Waals surface area contributed by atoms with E-state index >= 15 is 0 Å². The Kier molecular flexibility index (Phi) is 6.16. The second-order valence-corrected chi connectivity index (χ2v) is 8.24. The molecule has 0 spiro atoms. The van der Waals surface area contributed by atoms with Gasteiger partial charge in [-0.05, 0) is 43.2 Å². The number of aromatic nitrogens is 2. The van der Waals surface area contributed by atoms with E-state index < -0.39 is 24.2 Å². The van der Waals surface area contributed by atoms with E-state index in [9.17, 15) is 18.0 Å². The highest BCUT2D eigenvalue weighted by atomic mass is 19.4. The molecule has 1 amide bonds. The molecule has 0 unspecified atom stereocenters. The van der Waals surface area contributed by atoms with Crippen molar-refractivity contribution >= 4 is 17.4 Å². The average Bonchev–Trinajstić information content (AvgIpc) is 3.23. The summed E-state index contributed by atoms with van der Waals surface area (Å²) in [6, 6.07) is 9.24. The van der Waals surface area contributed by atoms with Gasteiger partial charge in [0.15, 0.2) is 23.2 Å². The first-order chi connectivity index (χ1) is 16.1. The van der Waals surface area contributed by atoms with Gasteiger partial charge in [-0.2, -0.15) is 18.3 Å². The van der Waals surface area contributed by atoms with Crippen molar-refractivity contribution in [2.45, 2.75) is 38.5 Å². The molecule has 180 valence electrons. The Bertz CT molecular complexity index is 1220. The van der Waals surface area contributed by atoms with Gasteiger partial charge in [0, 0.05) is 18.2 Å². The molecule has 1 aliphatic rings. The van der Waals surface area contributed by atoms with Gasteiger partial charge in [-0.1, -0.05) is 23.8 Å². The molecule has 2 aromatic carbocycles. The molecule has 0 fully saturated rings. The fourth-order valence-corrected chi connectivity index (χ4v) is 4.11. The van der Waals surface area contributed by atoms with Gasteiger partial charge in [0.2, 0.25) is 0 Å². The molecular weight excluding hydrogens is 449 g/mol. The second-order valence-electron chi connectivity index (χ2n) is 8.24. The number of hydrogen-bond acceptors (Lipinski definition) is 5. The monoisotopic (exact) mass is 474 g/mol. The minimum Gasteiger partial charge on any atom is -0.493 e. The summed E-state index contributed by atoms with van der Waals surface area (Å²) in [5, 5.41) is 9.83. The Morgan fingerprint density at radius 1 is 1.09 bits per heavy atom. The maximum absolute atomic E-state index is 14.0. The highest BCUT2D eigenvalue weighted by Gasteiger charge is 2.47. The van der Waals surface area contributed by atoms with Crippen LogP contribution < -0.4 is 20.1 Å². The maximum Gasteiger partial charge on any atom is 0.410 e. The molecule has 1 aromatic heterocycles. The number of amides is 1. The third-order valence-electron chi connectivity index (χ3n) is 5.86. The number of carbonyl (C=O) groups is 1. The molecule has 0 saturated carbocycles. The fourth-order valence-electron chi connectivity index (χ4n) is 4.11. The number of benzene rings is 2. The summed E-state index contributed by atoms with van der Waals surface area (Å²) in [5.74, 6) is 0.418. The van der Waals surface area contributed by atoms with Crippen molar-refractivity contribution in [3.05, 3.63) is 64.8 Å². The molecular formula is C24H25F3N4O3. The average molecular weight is 474 g/mol. The zero-order chi connectivity index (χ0) is 24.6. The molecule has 0 bridgehead atoms. The Morgan fingerprint density at radius 2 is 1.82 bits per heavy atom. The number of nitrogens with zero attached hydrogens (tertiary/aromatic N) is 2. The lowest BCUT2D eigenvalue weighted by molar-refractivity contribution is -0.173. The summed E-state index contributed by atoms with van der Waals surface area (Å²) >= 11 is 0. The van der Waals surface area contributed by atoms with Gasteiger partial charge in [-0.25, -0.2) is 4.68 Å². The number of fused-ring (bicyclic) bond motifs is 1. The van der Waals surface area contributed by atoms with Gasteiger partial charge in [-0.3, -0.25) is 4.79 Å². The number of carbonyl (C=O) groups excluding carboxylic acids is 1. The first-order valence-corrected chi connectivity index (χ1v) is 10.6. The predicted octanol–water partition coefficient (Wildman–Crippen LogP) is 5.43. The molecule has 34 heavy (non-hydrogen) atoms. The lowest BCUT2D eigenvalue weighted by atomic mass is 9.96. The third kappa shape index (κ3) is 4.52. The molecule has 0 saturated heterocycles. The first-order valence-electron chi connectivity index (χ1n) is 10.6. The van der Waals surface area contributed by atoms with E-state index in [2.05, 4.69) is 15.7 Å². The Balaban J connectivity index is 1.65. The van der Waals surface area contributed by atoms with Crippen LogP contribution in [0.3, 0.4) is 0 Å². The van der Waals surface area contributed by atoms with Crippen molar-refractivity contribution in [3.8, 4) is 11.5 Å². The Morgan fingerprint density at radius 3 is 2.47 bits per heavy atom. The highest BCUT2D eigenvalue weighted by Crippen LogP contribution is 2.44. The van der Waals surface area contributed by atoms with E-state index in [1.165, 1.54) is 20.3 Å². The maximum atomic E-state index is 14.0. The van der Waals surface area contributed by atoms with Crippen LogP contribution in [0.2, 0.25) is 0 Å². The molecule has 2 N–H and O–H groups in total. The van der Waals surface area contributed by atoms with E-state index in [0.717, 1.165) is 15.8 Å². The summed E-state index contributed by atoms with van der Waals surface area (Å²) in [7, 11) is 2.95. The lowest BCUT2D eigenvalue weighted by Gasteiger charge is -2.33. The topological polar surface area (TPSA) is 77.4 Å². The van der Waals surface area contributed by atoms with Crippen LogP contribution in [0.4, 0.5) is 24.7 Å². The molecule has 0 radical (unpaired) electrons. The second kappa shape index (κ2) is 8.92. The van der Waals surface area contributed by atoms with Crippen LogP contribution in [-0.2, 0) is 0 Å². The van der Waals surface area contributed by atoms with Crippen LogP contribution in [0.15, 0.2) is 42.5 Å². The van der Waals surface area contributed by atoms with Crippen LogP contribution >= 0.6 is 0 Å². The number of hydrogen-bond donors (Lipinski definition) is 2. The first kappa shape index (κ1) is 23.5. The minimum absolute atomic E-state index is 0.107. The number of alkyl halides is 3. The van der Waals surface area contributed by atoms with E-state index in [4.69, 9.17) is 9.47 Å². The van der Waals surface area contributed by atoms with Crippen LogP contribution in [0, 0.1) is 13.8 Å². The van der Waals surface area contributed by atoms with Crippen molar-refractivity contribution < 1.29 is 27.4 Å². The molecule has 3 aromatic rings. The van der Waals surface area contributed by atoms with Crippen LogP contribution in [-0.4, -0.2) is 36.1 Å². The number of methoxy groups -OCH3 is 2. The summed E-state index contributed by atoms with van der Waals surface area (Å²) in [4.78, 5) is 12.8. The number of nitrogens with one attached hydrogen (secondary N) is 2. The van der Waals surface area contributed by atoms with Gasteiger partial charge in [-0.15, -0.1) is 0 Å². The van der Waals surface area contributed by atoms with Crippen molar-refractivity contribution in [1.29, 1.82) is 0 Å². The normalized spacial score (nSPS) is 17.5. The zero-order valence-corrected chi connectivity index (χ0v) is 19.2. The number of halogens is 3. The lowest BCUT2D eigenvalue weighted by Crippen LogP contribution is -2.35. The van der Waals surface area contributed by atoms with Crippen LogP contribution in [0.1, 0.15) is 45.7 Å². The smallest absolute Gasteiger partial charge is 0.410 e. The third-order valence-corrected chi connectivity index (χ3v) is 5.86. The number of aryl methyl sites for hydroxylation is 2. The predicted molar refractivity (Wildman–Crippen MR) is 122 cm³/mol. The van der Waals surface area contributed by atoms with Crippen molar-refractivity contribution in [2.75, 3.05) is 24.9 Å². The quantitative estimate of drug-likeness (QED) is 0.516. The molecule has 10 heteroatoms. The van der Waals surface area contributed by atoms with Gasteiger partial charge in [0.1, 0.15) is 5.82 Å². The van der Waals surface area contributed by atoms with E-state index in [1.54, 1.807) is 24.3 Å². The zero-order valence-electron chi connectivity index (χ0n) is 19.2. The number of rotatable bonds is 5. The molecule has 1 aliphatic heterocycles. The van der Waals surface area contributed by atoms with Gasteiger partial charge in [0.05, 0.1) is 20.3 Å². The molecule has 7 nitrogen and oxygen atoms in total. The molecule has 4 rings (SSSR count). The van der Waals surface area contributed by atoms with Crippen molar-refractivity contribution in [3.63, 3.8) is 0 Å². The van der Waals surface area contributed by atoms with Gasteiger partial charge >= 0.3 is 6.18 Å². The Hall–Kier alpha value is -3.69. The SMILES string of the molecule is COc1ccc([C@@H]2C[C@@H](C(F)(F)F)n3nc(C(=O)Nc4ccc(C)cc4C)cc3N2)cc1OC. The standard InChI is InChI=1S/C24H25F3N4O3/c1-13-5-7-16(14(2)9-13)29-23(32)18-12-22-28-17(11-21(24(25,26)27)31(22)30-18)15-6-8-19(33-3)20(10-15)34-4/h5-10,12,17,21,28H,11H2,1-4H3,(H,29,32)/t17-,21-/m0/s1. The van der Waals surface area contributed by atoms with Crippen molar-refractivity contribution in [1.82, 2.24) is 9.78 Å². The van der Waals surface area contributed by atoms with E-state index in [-0.39, 0.29) is 17.9 Å². The summed E-state index contributed by atoms with van der Waals surface area (Å²) in [5.41, 5.74) is 2.94. The van der Waals surface area contributed by atoms with Crippen LogP contribution in [0.25, 0.3) is 0 Å². The minimum atomic E-state index is -4.56. The van der Waals surface area contributed by atoms with Crippen molar-refractivity contribution in [2.24, 2.45) is 0 Å². The number of anilines is 2. The fraction of sp³-hybridized carbons (Fsp3) is 0.333. The largest absolute Gasteiger partial charge is 0.493 e. The summed E-state index contributed by atoms with van der Waals surface area (Å²) < 4.78 is 53.3. The Labute approximate surface area is 194 Å². The molecule has 0 aliphatic carbocycles. The summed E-state index contributed by atoms with van der Waals surface area (Å²) in [6.45, 7) is 3.77. The molecule has 2 atom stereocenters. The van der Waals surface area contributed by atoms with E-state index in [0.29, 0.717) is 22.7 Å². The van der Waals surface area contributed by atoms with Crippen LogP contribution in [0.5, 0.6) is 11.5 Å². The summed E-state index contributed by atoms with van der Waals surface area (Å²) in [6.07, 6.45) is -4.86. The van der Waals surface area contributed by atoms with Gasteiger partial charge in [0.25, 0.3) is 5.91 Å².